The van der Waals surface area contributed by atoms with Crippen molar-refractivity contribution in [2.24, 2.45) is 17.6 Å². The lowest BCUT2D eigenvalue weighted by molar-refractivity contribution is -0.144. The molecule has 4 rings (SSSR count). The first kappa shape index (κ1) is 27.2. The molecule has 0 radical (unpaired) electrons. The highest BCUT2D eigenvalue weighted by Gasteiger charge is 2.59. The minimum atomic E-state index is -2.73. The standard InChI is InChI=1S/C25H28FN3O9/c1-24(2,3)38-28-8-15(31)29-13-7-12(26)11-5-9-4-10-6-14(30)18(23(27)36)22(35)25(10,37)21(34)16(9)20(33)17(11)19(13)32/h7,9-10,28,30,32,34,37H,4-6,8H2,1-3H3,(H2,27,36)(H,29,31)/t9?,10-,25-/m0/s1. The maximum atomic E-state index is 15.1. The zero-order valence-electron chi connectivity index (χ0n) is 20.8. The number of carbonyl (C=O) groups is 4. The SMILES string of the molecule is CC(C)(C)ONCC(=O)Nc1cc(F)c2c(c1O)C(=O)C1=C(O)[C@]3(O)C(=O)C(C(N)=O)=C(O)C[C@@H]3CC1C2. The molecule has 2 amide bonds. The number of ketones is 2. The molecule has 0 aliphatic heterocycles. The summed E-state index contributed by atoms with van der Waals surface area (Å²) in [6.07, 6.45) is -0.703. The van der Waals surface area contributed by atoms with E-state index in [4.69, 9.17) is 10.6 Å². The molecule has 0 aromatic heterocycles. The summed E-state index contributed by atoms with van der Waals surface area (Å²) in [6.45, 7) is 4.86. The summed E-state index contributed by atoms with van der Waals surface area (Å²) in [5, 5.41) is 45.5. The summed E-state index contributed by atoms with van der Waals surface area (Å²) in [4.78, 5) is 55.7. The summed E-state index contributed by atoms with van der Waals surface area (Å²) < 4.78 is 15.1. The number of anilines is 1. The van der Waals surface area contributed by atoms with Gasteiger partial charge in [-0.25, -0.2) is 4.39 Å². The number of nitrogens with two attached hydrogens (primary N) is 1. The smallest absolute Gasteiger partial charge is 0.255 e. The number of hydrogen-bond acceptors (Lipinski definition) is 10. The van der Waals surface area contributed by atoms with Gasteiger partial charge in [0.1, 0.15) is 29.5 Å². The molecular formula is C25H28FN3O9. The van der Waals surface area contributed by atoms with Crippen molar-refractivity contribution >= 4 is 29.1 Å². The number of allylic oxidation sites excluding steroid dienone is 2. The molecule has 0 bridgehead atoms. The monoisotopic (exact) mass is 533 g/mol. The highest BCUT2D eigenvalue weighted by Crippen LogP contribution is 2.52. The summed E-state index contributed by atoms with van der Waals surface area (Å²) in [7, 11) is 0. The lowest BCUT2D eigenvalue weighted by Crippen LogP contribution is -2.57. The van der Waals surface area contributed by atoms with Gasteiger partial charge < -0.3 is 31.5 Å². The number of hydroxylamine groups is 1. The Bertz CT molecular complexity index is 1340. The number of phenolic OH excluding ortho intramolecular Hbond substituents is 1. The molecule has 3 atom stereocenters. The van der Waals surface area contributed by atoms with Crippen molar-refractivity contribution in [3.8, 4) is 5.75 Å². The fourth-order valence-corrected chi connectivity index (χ4v) is 5.25. The minimum absolute atomic E-state index is 0.124. The summed E-state index contributed by atoms with van der Waals surface area (Å²) >= 11 is 0. The highest BCUT2D eigenvalue weighted by molar-refractivity contribution is 6.24. The fourth-order valence-electron chi connectivity index (χ4n) is 5.25. The van der Waals surface area contributed by atoms with E-state index in [1.807, 2.05) is 0 Å². The molecule has 0 saturated heterocycles. The fraction of sp³-hybridized carbons (Fsp3) is 0.440. The van der Waals surface area contributed by atoms with Crippen molar-refractivity contribution < 1.29 is 48.8 Å². The van der Waals surface area contributed by atoms with Crippen molar-refractivity contribution in [2.45, 2.75) is 51.2 Å². The van der Waals surface area contributed by atoms with Gasteiger partial charge in [0.2, 0.25) is 11.7 Å². The number of hydrogen-bond donors (Lipinski definition) is 7. The molecule has 1 unspecified atom stereocenters. The van der Waals surface area contributed by atoms with Crippen LogP contribution in [0, 0.1) is 17.7 Å². The van der Waals surface area contributed by atoms with Gasteiger partial charge >= 0.3 is 0 Å². The van der Waals surface area contributed by atoms with Gasteiger partial charge in [-0.15, -0.1) is 0 Å². The number of benzene rings is 1. The van der Waals surface area contributed by atoms with E-state index in [1.165, 1.54) is 0 Å². The first-order chi connectivity index (χ1) is 17.6. The summed E-state index contributed by atoms with van der Waals surface area (Å²) in [5.41, 5.74) is 1.81. The molecule has 8 N–H and O–H groups in total. The first-order valence-electron chi connectivity index (χ1n) is 11.8. The zero-order chi connectivity index (χ0) is 28.3. The van der Waals surface area contributed by atoms with Crippen LogP contribution in [0.3, 0.4) is 0 Å². The van der Waals surface area contributed by atoms with Gasteiger partial charge in [0.25, 0.3) is 5.91 Å². The van der Waals surface area contributed by atoms with Crippen LogP contribution in [0.2, 0.25) is 0 Å². The Kier molecular flexibility index (Phi) is 6.58. The van der Waals surface area contributed by atoms with Crippen LogP contribution < -0.4 is 16.5 Å². The maximum absolute atomic E-state index is 15.1. The molecule has 0 saturated carbocycles. The number of amides is 2. The lowest BCUT2D eigenvalue weighted by Gasteiger charge is -2.45. The summed E-state index contributed by atoms with van der Waals surface area (Å²) in [5.74, 6) is -9.83. The van der Waals surface area contributed by atoms with Crippen LogP contribution in [0.5, 0.6) is 5.75 Å². The van der Waals surface area contributed by atoms with Crippen molar-refractivity contribution in [1.29, 1.82) is 0 Å². The first-order valence-corrected chi connectivity index (χ1v) is 11.8. The number of aliphatic hydroxyl groups is 3. The van der Waals surface area contributed by atoms with Crippen molar-refractivity contribution in [3.05, 3.63) is 45.7 Å². The molecule has 1 aromatic rings. The minimum Gasteiger partial charge on any atom is -0.511 e. The molecular weight excluding hydrogens is 505 g/mol. The Labute approximate surface area is 215 Å². The third-order valence-electron chi connectivity index (χ3n) is 6.89. The van der Waals surface area contributed by atoms with Gasteiger partial charge in [0, 0.05) is 29.5 Å². The Morgan fingerprint density at radius 2 is 1.87 bits per heavy atom. The molecule has 0 spiro atoms. The normalized spacial score (nSPS) is 25.1. The molecule has 0 fully saturated rings. The highest BCUT2D eigenvalue weighted by atomic mass is 19.1. The number of carbonyl (C=O) groups excluding carboxylic acids is 4. The van der Waals surface area contributed by atoms with Crippen molar-refractivity contribution in [1.82, 2.24) is 5.48 Å². The van der Waals surface area contributed by atoms with E-state index in [9.17, 15) is 39.6 Å². The van der Waals surface area contributed by atoms with Crippen LogP contribution in [-0.4, -0.2) is 61.6 Å². The number of aromatic hydroxyl groups is 1. The topological polar surface area (TPSA) is 209 Å². The number of rotatable bonds is 5. The Balaban J connectivity index is 1.71. The van der Waals surface area contributed by atoms with Crippen LogP contribution in [0.4, 0.5) is 10.1 Å². The van der Waals surface area contributed by atoms with Crippen molar-refractivity contribution in [2.75, 3.05) is 11.9 Å². The van der Waals surface area contributed by atoms with E-state index in [1.54, 1.807) is 20.8 Å². The zero-order valence-corrected chi connectivity index (χ0v) is 20.8. The summed E-state index contributed by atoms with van der Waals surface area (Å²) in [6, 6.07) is 0.857. The molecule has 204 valence electrons. The van der Waals surface area contributed by atoms with Gasteiger partial charge in [0.05, 0.1) is 16.9 Å². The number of phenols is 1. The average Bonchev–Trinajstić information content (AvgIpc) is 2.78. The Morgan fingerprint density at radius 3 is 2.47 bits per heavy atom. The molecule has 1 aromatic carbocycles. The number of aliphatic hydroxyl groups excluding tert-OH is 2. The van der Waals surface area contributed by atoms with Crippen LogP contribution in [0.15, 0.2) is 28.7 Å². The van der Waals surface area contributed by atoms with Crippen LogP contribution in [-0.2, 0) is 25.6 Å². The Hall–Kier alpha value is -3.81. The van der Waals surface area contributed by atoms with E-state index in [0.717, 1.165) is 6.07 Å². The second-order valence-electron chi connectivity index (χ2n) is 10.6. The maximum Gasteiger partial charge on any atom is 0.255 e. The van der Waals surface area contributed by atoms with E-state index >= 15 is 4.39 Å². The predicted molar refractivity (Wildman–Crippen MR) is 128 cm³/mol. The number of halogens is 1. The quantitative estimate of drug-likeness (QED) is 0.162. The molecule has 3 aliphatic rings. The Morgan fingerprint density at radius 1 is 1.21 bits per heavy atom. The van der Waals surface area contributed by atoms with Gasteiger partial charge in [-0.1, -0.05) is 0 Å². The predicted octanol–water partition coefficient (Wildman–Crippen LogP) is 0.978. The lowest BCUT2D eigenvalue weighted by atomic mass is 9.60. The molecule has 38 heavy (non-hydrogen) atoms. The number of Topliss-reactive ketones (excluding diaryl/α,β-unsaturated/α-hetero) is 2. The third kappa shape index (κ3) is 4.31. The molecule has 13 heteroatoms. The number of primary amides is 1. The van der Waals surface area contributed by atoms with E-state index in [0.29, 0.717) is 0 Å². The van der Waals surface area contributed by atoms with Gasteiger partial charge in [-0.2, -0.15) is 5.48 Å². The number of fused-ring (bicyclic) bond motifs is 3. The van der Waals surface area contributed by atoms with E-state index in [-0.39, 0.29) is 31.4 Å². The largest absolute Gasteiger partial charge is 0.511 e. The number of nitrogens with one attached hydrogen (secondary N) is 2. The molecule has 12 nitrogen and oxygen atoms in total. The molecule has 3 aliphatic carbocycles. The second kappa shape index (κ2) is 9.19. The van der Waals surface area contributed by atoms with Gasteiger partial charge in [-0.05, 0) is 39.5 Å². The van der Waals surface area contributed by atoms with Gasteiger partial charge in [-0.3, -0.25) is 24.0 Å². The van der Waals surface area contributed by atoms with Crippen molar-refractivity contribution in [3.63, 3.8) is 0 Å². The molecule has 0 heterocycles. The second-order valence-corrected chi connectivity index (χ2v) is 10.6. The van der Waals surface area contributed by atoms with E-state index < -0.39 is 91.9 Å². The van der Waals surface area contributed by atoms with E-state index in [2.05, 4.69) is 10.8 Å². The average molecular weight is 534 g/mol. The van der Waals surface area contributed by atoms with Gasteiger partial charge in [0.15, 0.2) is 17.1 Å². The van der Waals surface area contributed by atoms with Crippen LogP contribution in [0.25, 0.3) is 0 Å². The van der Waals surface area contributed by atoms with Crippen LogP contribution in [0.1, 0.15) is 49.5 Å². The third-order valence-corrected chi connectivity index (χ3v) is 6.89. The van der Waals surface area contributed by atoms with Crippen LogP contribution >= 0.6 is 0 Å².